The number of carboxylic acids is 1. The van der Waals surface area contributed by atoms with E-state index in [1.165, 1.54) is 34.5 Å². The molecule has 1 N–H and O–H groups in total. The van der Waals surface area contributed by atoms with Crippen LogP contribution in [0.3, 0.4) is 0 Å². The number of sulfonamides is 2. The number of thioether (sulfide) groups is 1. The van der Waals surface area contributed by atoms with Crippen molar-refractivity contribution in [3.05, 3.63) is 108 Å². The number of ether oxygens (including phenoxy) is 3. The van der Waals surface area contributed by atoms with Crippen molar-refractivity contribution in [1.29, 1.82) is 0 Å². The summed E-state index contributed by atoms with van der Waals surface area (Å²) in [6.45, 7) is 2.48. The summed E-state index contributed by atoms with van der Waals surface area (Å²) in [5, 5.41) is 8.02. The number of carboxylic acid groups (broad SMARTS) is 1. The molecule has 0 amide bonds. The van der Waals surface area contributed by atoms with Gasteiger partial charge in [-0.05, 0) is 119 Å². The SMILES string of the molecule is CC(=O)SC1CCC(C(=O)OCc2ccccc2)CC1.CN(C)S(=O)(=O)C1CCC(C(=O)O)CC1.CN(C)S(=O)(=O)C1CCC(C(=O)OCc2ccccc2)CC1.O=C(OCc1ccccc1)C1CCC(S(=O)(=O)Cl)CC1. The second-order valence-electron chi connectivity index (χ2n) is 20.3. The van der Waals surface area contributed by atoms with E-state index in [4.69, 9.17) is 30.0 Å². The van der Waals surface area contributed by atoms with Crippen molar-refractivity contribution in [2.45, 2.75) is 150 Å². The number of esters is 3. The molecule has 4 fully saturated rings. The Hall–Kier alpha value is -4.38. The zero-order valence-electron chi connectivity index (χ0n) is 44.8. The molecular formula is C55H77ClN2O15S4. The smallest absolute Gasteiger partial charge is 0.309 e. The van der Waals surface area contributed by atoms with Crippen molar-refractivity contribution in [2.75, 3.05) is 28.2 Å². The van der Waals surface area contributed by atoms with Crippen molar-refractivity contribution in [1.82, 2.24) is 8.61 Å². The van der Waals surface area contributed by atoms with Crippen molar-refractivity contribution in [3.8, 4) is 0 Å². The molecule has 4 aliphatic rings. The molecule has 4 saturated carbocycles. The van der Waals surface area contributed by atoms with Crippen molar-refractivity contribution < 1.29 is 68.5 Å². The molecule has 0 aromatic heterocycles. The largest absolute Gasteiger partial charge is 0.481 e. The fourth-order valence-electron chi connectivity index (χ4n) is 9.57. The maximum absolute atomic E-state index is 12.1. The summed E-state index contributed by atoms with van der Waals surface area (Å²) in [4.78, 5) is 57.7. The molecule has 0 radical (unpaired) electrons. The van der Waals surface area contributed by atoms with E-state index in [9.17, 15) is 49.2 Å². The van der Waals surface area contributed by atoms with Gasteiger partial charge in [0.25, 0.3) is 0 Å². The van der Waals surface area contributed by atoms with E-state index in [2.05, 4.69) is 0 Å². The second-order valence-corrected chi connectivity index (χ2v) is 29.5. The lowest BCUT2D eigenvalue weighted by Gasteiger charge is -2.28. The van der Waals surface area contributed by atoms with Crippen LogP contribution in [0.5, 0.6) is 0 Å². The number of aliphatic carboxylic acids is 1. The van der Waals surface area contributed by atoms with Crippen LogP contribution in [0.25, 0.3) is 0 Å². The fraction of sp³-hybridized carbons (Fsp3) is 0.582. The Kier molecular flexibility index (Phi) is 27.1. The molecular weight excluding hydrogens is 1090 g/mol. The van der Waals surface area contributed by atoms with Gasteiger partial charge in [-0.25, -0.2) is 33.9 Å². The Morgan fingerprint density at radius 3 is 1.00 bits per heavy atom. The molecule has 0 unspecified atom stereocenters. The van der Waals surface area contributed by atoms with Crippen LogP contribution in [0.4, 0.5) is 0 Å². The van der Waals surface area contributed by atoms with E-state index in [1.54, 1.807) is 21.0 Å². The fourth-order valence-corrected chi connectivity index (χ4v) is 14.8. The van der Waals surface area contributed by atoms with Gasteiger partial charge in [0, 0.05) is 51.0 Å². The van der Waals surface area contributed by atoms with Crippen LogP contribution in [0.2, 0.25) is 0 Å². The normalized spacial score (nSPS) is 23.7. The first kappa shape index (κ1) is 65.1. The van der Waals surface area contributed by atoms with Gasteiger partial charge in [-0.1, -0.05) is 103 Å². The molecule has 4 aliphatic carbocycles. The number of carbonyl (C=O) groups excluding carboxylic acids is 4. The topological polar surface area (TPSA) is 242 Å². The monoisotopic (exact) mass is 1170 g/mol. The van der Waals surface area contributed by atoms with Crippen LogP contribution in [0, 0.1) is 23.7 Å². The van der Waals surface area contributed by atoms with Gasteiger partial charge < -0.3 is 19.3 Å². The molecule has 77 heavy (non-hydrogen) atoms. The molecule has 3 aromatic rings. The first-order valence-corrected chi connectivity index (χ1v) is 32.4. The predicted molar refractivity (Wildman–Crippen MR) is 298 cm³/mol. The number of rotatable bonds is 16. The van der Waals surface area contributed by atoms with E-state index in [1.807, 2.05) is 91.0 Å². The van der Waals surface area contributed by atoms with E-state index in [-0.39, 0.29) is 65.2 Å². The Morgan fingerprint density at radius 1 is 0.468 bits per heavy atom. The molecule has 3 aromatic carbocycles. The second kappa shape index (κ2) is 32.0. The Labute approximate surface area is 465 Å². The molecule has 0 aliphatic heterocycles. The third kappa shape index (κ3) is 22.4. The van der Waals surface area contributed by atoms with Gasteiger partial charge in [0.05, 0.1) is 39.4 Å². The summed E-state index contributed by atoms with van der Waals surface area (Å²) >= 11 is 1.41. The highest BCUT2D eigenvalue weighted by atomic mass is 35.7. The maximum atomic E-state index is 12.1. The summed E-state index contributed by atoms with van der Waals surface area (Å²) in [6.07, 6.45) is 9.44. The highest BCUT2D eigenvalue weighted by Crippen LogP contribution is 2.35. The Bertz CT molecular complexity index is 2650. The van der Waals surface area contributed by atoms with Crippen LogP contribution in [0.15, 0.2) is 91.0 Å². The van der Waals surface area contributed by atoms with Gasteiger partial charge in [0.2, 0.25) is 29.1 Å². The van der Waals surface area contributed by atoms with E-state index < -0.39 is 45.6 Å². The van der Waals surface area contributed by atoms with Gasteiger partial charge in [0.15, 0.2) is 5.12 Å². The number of nitrogens with zero attached hydrogens (tertiary/aromatic N) is 2. The summed E-state index contributed by atoms with van der Waals surface area (Å²) in [7, 11) is 1.52. The summed E-state index contributed by atoms with van der Waals surface area (Å²) < 4.78 is 88.6. The number of hydrogen-bond acceptors (Lipinski definition) is 15. The Balaban J connectivity index is 0.000000224. The van der Waals surface area contributed by atoms with Gasteiger partial charge in [-0.3, -0.25) is 24.0 Å². The van der Waals surface area contributed by atoms with E-state index >= 15 is 0 Å². The van der Waals surface area contributed by atoms with Gasteiger partial charge in [-0.2, -0.15) is 0 Å². The number of halogens is 1. The first-order valence-electron chi connectivity index (χ1n) is 26.2. The minimum atomic E-state index is -3.51. The molecule has 0 spiro atoms. The average Bonchev–Trinajstić information content (AvgIpc) is 3.42. The predicted octanol–water partition coefficient (Wildman–Crippen LogP) is 9.13. The quantitative estimate of drug-likeness (QED) is 0.0798. The van der Waals surface area contributed by atoms with Gasteiger partial charge in [-0.15, -0.1) is 0 Å². The minimum absolute atomic E-state index is 0.00233. The van der Waals surface area contributed by atoms with Gasteiger partial charge in [0.1, 0.15) is 19.8 Å². The van der Waals surface area contributed by atoms with Crippen molar-refractivity contribution in [3.63, 3.8) is 0 Å². The highest BCUT2D eigenvalue weighted by molar-refractivity contribution is 8.14. The lowest BCUT2D eigenvalue weighted by Crippen LogP contribution is -2.37. The number of hydrogen-bond donors (Lipinski definition) is 1. The van der Waals surface area contributed by atoms with Gasteiger partial charge >= 0.3 is 23.9 Å². The molecule has 22 heteroatoms. The first-order chi connectivity index (χ1) is 36.4. The summed E-state index contributed by atoms with van der Waals surface area (Å²) in [6, 6.07) is 28.7. The van der Waals surface area contributed by atoms with Crippen LogP contribution in [-0.2, 0) is 87.1 Å². The molecule has 0 atom stereocenters. The molecule has 0 heterocycles. The third-order valence-corrected chi connectivity index (χ3v) is 22.1. The zero-order chi connectivity index (χ0) is 56.8. The van der Waals surface area contributed by atoms with Crippen LogP contribution in [-0.4, -0.2) is 117 Å². The number of benzene rings is 3. The van der Waals surface area contributed by atoms with E-state index in [0.717, 1.165) is 42.4 Å². The van der Waals surface area contributed by atoms with Crippen LogP contribution < -0.4 is 0 Å². The third-order valence-electron chi connectivity index (χ3n) is 14.3. The zero-order valence-corrected chi connectivity index (χ0v) is 48.8. The maximum Gasteiger partial charge on any atom is 0.309 e. The van der Waals surface area contributed by atoms with Crippen LogP contribution in [0.1, 0.15) is 126 Å². The molecule has 17 nitrogen and oxygen atoms in total. The molecule has 428 valence electrons. The minimum Gasteiger partial charge on any atom is -0.481 e. The van der Waals surface area contributed by atoms with Crippen LogP contribution >= 0.6 is 22.4 Å². The molecule has 0 saturated heterocycles. The standard InChI is InChI=1S/C16H23NO4S.C16H20O3S.C14H17ClO4S.C9H17NO4S/c1-17(2)22(19,20)15-10-8-14(9-11-15)16(18)21-12-13-6-4-3-5-7-13;1-12(17)20-15-9-7-14(8-10-15)16(18)19-11-13-5-3-2-4-6-13;15-20(17,18)13-8-6-12(7-9-13)14(16)19-10-11-4-2-1-3-5-11;1-10(2)15(13,14)8-5-3-7(4-6-8)9(11)12/h3-7,14-15H,8-12H2,1-2H3;2-6,14-15H,7-11H2,1H3;1-5,12-13H,6-10H2;7-8H,3-6H2,1-2H3,(H,11,12). The average molecular weight is 1170 g/mol. The van der Waals surface area contributed by atoms with Crippen molar-refractivity contribution >= 4 is 80.5 Å². The van der Waals surface area contributed by atoms with Crippen molar-refractivity contribution in [2.24, 2.45) is 23.7 Å². The highest BCUT2D eigenvalue weighted by Gasteiger charge is 2.37. The lowest BCUT2D eigenvalue weighted by atomic mass is 9.89. The molecule has 7 rings (SSSR count). The van der Waals surface area contributed by atoms with E-state index in [0.29, 0.717) is 88.9 Å². The summed E-state index contributed by atoms with van der Waals surface area (Å²) in [5.74, 6) is -2.13. The Morgan fingerprint density at radius 2 is 0.740 bits per heavy atom. The lowest BCUT2D eigenvalue weighted by molar-refractivity contribution is -0.151. The summed E-state index contributed by atoms with van der Waals surface area (Å²) in [5.41, 5.74) is 2.92. The number of carbonyl (C=O) groups is 5. The molecule has 0 bridgehead atoms.